The summed E-state index contributed by atoms with van der Waals surface area (Å²) in [6.07, 6.45) is 4.44. The SMILES string of the molecule is CCOP(=O)(C(NC(=O)c1ccccc1)C1CCCCC1=O)C(NC(=O)c1ccccc1)C1CCCCC1=O. The molecule has 4 atom stereocenters. The maximum Gasteiger partial charge on any atom is 0.251 e. The Morgan fingerprint density at radius 3 is 1.54 bits per heavy atom. The average Bonchev–Trinajstić information content (AvgIpc) is 2.96. The number of carbonyl (C=O) groups is 4. The van der Waals surface area contributed by atoms with Gasteiger partial charge < -0.3 is 15.2 Å². The number of hydrogen-bond donors (Lipinski definition) is 2. The van der Waals surface area contributed by atoms with Crippen molar-refractivity contribution >= 4 is 30.7 Å². The van der Waals surface area contributed by atoms with Crippen LogP contribution in [0.3, 0.4) is 0 Å². The summed E-state index contributed by atoms with van der Waals surface area (Å²) in [6, 6.07) is 17.0. The van der Waals surface area contributed by atoms with Crippen LogP contribution in [0.4, 0.5) is 0 Å². The first-order valence-corrected chi connectivity index (χ1v) is 15.6. The molecule has 0 aromatic heterocycles. The largest absolute Gasteiger partial charge is 0.339 e. The van der Waals surface area contributed by atoms with Crippen molar-refractivity contribution in [1.29, 1.82) is 0 Å². The van der Waals surface area contributed by atoms with Gasteiger partial charge in [-0.2, -0.15) is 0 Å². The molecule has 2 aromatic rings. The summed E-state index contributed by atoms with van der Waals surface area (Å²) >= 11 is 0. The van der Waals surface area contributed by atoms with Gasteiger partial charge in [0.2, 0.25) is 7.37 Å². The second kappa shape index (κ2) is 13.3. The van der Waals surface area contributed by atoms with Crippen LogP contribution in [0.2, 0.25) is 0 Å². The maximum absolute atomic E-state index is 15.3. The van der Waals surface area contributed by atoms with Crippen LogP contribution in [-0.4, -0.2) is 41.6 Å². The zero-order valence-corrected chi connectivity index (χ0v) is 23.2. The fourth-order valence-electron chi connectivity index (χ4n) is 5.72. The third kappa shape index (κ3) is 6.74. The van der Waals surface area contributed by atoms with Crippen LogP contribution in [0.15, 0.2) is 60.7 Å². The van der Waals surface area contributed by atoms with Crippen LogP contribution < -0.4 is 10.6 Å². The molecule has 2 aromatic carbocycles. The Hall–Kier alpha value is -3.09. The fourth-order valence-corrected chi connectivity index (χ4v) is 9.02. The van der Waals surface area contributed by atoms with E-state index in [2.05, 4.69) is 10.6 Å². The summed E-state index contributed by atoms with van der Waals surface area (Å²) in [5.74, 6) is -5.03. The van der Waals surface area contributed by atoms with E-state index in [1.54, 1.807) is 67.6 Å². The average molecular weight is 553 g/mol. The van der Waals surface area contributed by atoms with Gasteiger partial charge in [0.15, 0.2) is 0 Å². The van der Waals surface area contributed by atoms with Gasteiger partial charge >= 0.3 is 0 Å². The molecule has 0 bridgehead atoms. The molecule has 39 heavy (non-hydrogen) atoms. The second-order valence-corrected chi connectivity index (χ2v) is 12.9. The molecule has 0 aliphatic heterocycles. The van der Waals surface area contributed by atoms with Crippen LogP contribution in [-0.2, 0) is 18.7 Å². The number of carbonyl (C=O) groups excluding carboxylic acids is 4. The van der Waals surface area contributed by atoms with Crippen LogP contribution in [0.1, 0.15) is 79.0 Å². The van der Waals surface area contributed by atoms with Gasteiger partial charge in [-0.15, -0.1) is 0 Å². The number of amides is 2. The molecule has 2 aliphatic carbocycles. The Morgan fingerprint density at radius 1 is 0.769 bits per heavy atom. The lowest BCUT2D eigenvalue weighted by molar-refractivity contribution is -0.125. The van der Waals surface area contributed by atoms with Crippen molar-refractivity contribution in [2.24, 2.45) is 11.8 Å². The number of ketones is 2. The highest BCUT2D eigenvalue weighted by Gasteiger charge is 2.53. The summed E-state index contributed by atoms with van der Waals surface area (Å²) in [7, 11) is -4.11. The molecule has 0 heterocycles. The lowest BCUT2D eigenvalue weighted by Crippen LogP contribution is -2.52. The first-order valence-electron chi connectivity index (χ1n) is 13.9. The normalized spacial score (nSPS) is 22.8. The molecule has 2 N–H and O–H groups in total. The van der Waals surface area contributed by atoms with Crippen LogP contribution in [0.5, 0.6) is 0 Å². The molecule has 4 rings (SSSR count). The lowest BCUT2D eigenvalue weighted by Gasteiger charge is -2.41. The number of Topliss-reactive ketones (excluding diaryl/α,β-unsaturated/α-hetero) is 2. The summed E-state index contributed by atoms with van der Waals surface area (Å²) in [5, 5.41) is 5.79. The number of rotatable bonds is 10. The van der Waals surface area contributed by atoms with E-state index in [1.165, 1.54) is 0 Å². The Morgan fingerprint density at radius 2 is 1.18 bits per heavy atom. The van der Waals surface area contributed by atoms with E-state index in [9.17, 15) is 19.2 Å². The molecule has 2 fully saturated rings. The Bertz CT molecular complexity index is 1130. The van der Waals surface area contributed by atoms with E-state index in [-0.39, 0.29) is 18.2 Å². The van der Waals surface area contributed by atoms with E-state index >= 15 is 4.57 Å². The topological polar surface area (TPSA) is 119 Å². The van der Waals surface area contributed by atoms with Crippen molar-refractivity contribution in [2.45, 2.75) is 69.9 Å². The molecule has 8 nitrogen and oxygen atoms in total. The minimum absolute atomic E-state index is 0.0223. The molecule has 0 radical (unpaired) electrons. The molecule has 0 spiro atoms. The lowest BCUT2D eigenvalue weighted by atomic mass is 9.87. The zero-order valence-electron chi connectivity index (χ0n) is 22.3. The Labute approximate surface area is 229 Å². The van der Waals surface area contributed by atoms with Gasteiger partial charge in [0.05, 0.1) is 6.61 Å². The summed E-state index contributed by atoms with van der Waals surface area (Å²) in [6.45, 7) is 1.71. The van der Waals surface area contributed by atoms with E-state index in [4.69, 9.17) is 4.52 Å². The van der Waals surface area contributed by atoms with Gasteiger partial charge in [-0.05, 0) is 56.9 Å². The first kappa shape index (κ1) is 28.9. The molecular weight excluding hydrogens is 515 g/mol. The number of nitrogens with one attached hydrogen (secondary N) is 2. The molecule has 2 aliphatic rings. The fraction of sp³-hybridized carbons (Fsp3) is 0.467. The van der Waals surface area contributed by atoms with Gasteiger partial charge in [0, 0.05) is 35.8 Å². The molecule has 9 heteroatoms. The zero-order chi connectivity index (χ0) is 27.8. The van der Waals surface area contributed by atoms with Gasteiger partial charge in [0.1, 0.15) is 23.1 Å². The predicted octanol–water partition coefficient (Wildman–Crippen LogP) is 5.33. The first-order chi connectivity index (χ1) is 18.8. The van der Waals surface area contributed by atoms with Gasteiger partial charge in [-0.1, -0.05) is 49.2 Å². The van der Waals surface area contributed by atoms with E-state index in [1.807, 2.05) is 0 Å². The third-order valence-corrected chi connectivity index (χ3v) is 10.9. The standard InChI is InChI=1S/C30H37N2O6P/c1-2-38-39(37,29(23-17-9-11-19-25(23)33)31-27(35)21-13-5-3-6-14-21)30(24-18-10-12-20-26(24)34)32-28(36)22-15-7-4-8-16-22/h3-8,13-16,23-24,29-30H,2,9-12,17-20H2,1H3,(H,31,35)(H,32,36). The van der Waals surface area contributed by atoms with Gasteiger partial charge in [-0.25, -0.2) is 0 Å². The summed E-state index contributed by atoms with van der Waals surface area (Å²) in [4.78, 5) is 53.3. The summed E-state index contributed by atoms with van der Waals surface area (Å²) in [5.41, 5.74) is 0.708. The smallest absolute Gasteiger partial charge is 0.251 e. The predicted molar refractivity (Wildman–Crippen MR) is 149 cm³/mol. The Balaban J connectivity index is 1.80. The monoisotopic (exact) mass is 552 g/mol. The van der Waals surface area contributed by atoms with Crippen LogP contribution in [0, 0.1) is 11.8 Å². The quantitative estimate of drug-likeness (QED) is 0.385. The van der Waals surface area contributed by atoms with Crippen LogP contribution >= 0.6 is 7.37 Å². The molecule has 4 unspecified atom stereocenters. The minimum Gasteiger partial charge on any atom is -0.339 e. The van der Waals surface area contributed by atoms with Crippen molar-refractivity contribution in [3.05, 3.63) is 71.8 Å². The van der Waals surface area contributed by atoms with Crippen molar-refractivity contribution in [3.63, 3.8) is 0 Å². The molecule has 2 saturated carbocycles. The van der Waals surface area contributed by atoms with Crippen LogP contribution in [0.25, 0.3) is 0 Å². The number of hydrogen-bond acceptors (Lipinski definition) is 6. The molecule has 208 valence electrons. The second-order valence-electron chi connectivity index (χ2n) is 10.3. The van der Waals surface area contributed by atoms with Gasteiger partial charge in [-0.3, -0.25) is 23.7 Å². The Kier molecular flexibility index (Phi) is 9.87. The summed E-state index contributed by atoms with van der Waals surface area (Å²) < 4.78 is 21.3. The molecule has 0 saturated heterocycles. The number of benzene rings is 2. The minimum atomic E-state index is -4.11. The maximum atomic E-state index is 15.3. The van der Waals surface area contributed by atoms with E-state index in [0.29, 0.717) is 36.8 Å². The van der Waals surface area contributed by atoms with Crippen molar-refractivity contribution in [2.75, 3.05) is 6.61 Å². The highest BCUT2D eigenvalue weighted by molar-refractivity contribution is 7.60. The molecular formula is C30H37N2O6P. The molecule has 2 amide bonds. The highest BCUT2D eigenvalue weighted by Crippen LogP contribution is 2.61. The van der Waals surface area contributed by atoms with Crippen molar-refractivity contribution in [3.8, 4) is 0 Å². The highest BCUT2D eigenvalue weighted by atomic mass is 31.2. The van der Waals surface area contributed by atoms with Crippen molar-refractivity contribution < 1.29 is 28.3 Å². The van der Waals surface area contributed by atoms with Crippen molar-refractivity contribution in [1.82, 2.24) is 10.6 Å². The van der Waals surface area contributed by atoms with Gasteiger partial charge in [0.25, 0.3) is 11.8 Å². The third-order valence-electron chi connectivity index (χ3n) is 7.70. The van der Waals surface area contributed by atoms with E-state index in [0.717, 1.165) is 25.7 Å². The van der Waals surface area contributed by atoms with E-state index < -0.39 is 42.6 Å².